The predicted octanol–water partition coefficient (Wildman–Crippen LogP) is 3.86. The summed E-state index contributed by atoms with van der Waals surface area (Å²) in [6, 6.07) is 12.3. The van der Waals surface area contributed by atoms with Crippen molar-refractivity contribution in [3.05, 3.63) is 59.2 Å². The van der Waals surface area contributed by atoms with E-state index in [1.54, 1.807) is 31.2 Å². The lowest BCUT2D eigenvalue weighted by Gasteiger charge is -2.47. The first-order valence-electron chi connectivity index (χ1n) is 12.3. The van der Waals surface area contributed by atoms with Crippen LogP contribution in [0.3, 0.4) is 0 Å². The topological polar surface area (TPSA) is 86.8 Å². The lowest BCUT2D eigenvalue weighted by atomic mass is 9.90. The van der Waals surface area contributed by atoms with Crippen molar-refractivity contribution in [2.24, 2.45) is 0 Å². The van der Waals surface area contributed by atoms with Gasteiger partial charge in [0.2, 0.25) is 21.8 Å². The van der Waals surface area contributed by atoms with Gasteiger partial charge in [0.15, 0.2) is 0 Å². The Hall–Kier alpha value is -2.71. The largest absolute Gasteiger partial charge is 0.351 e. The summed E-state index contributed by atoms with van der Waals surface area (Å²) < 4.78 is 28.2. The molecule has 1 atom stereocenters. The number of aryl methyl sites for hydroxylation is 3. The molecule has 2 aromatic carbocycles. The summed E-state index contributed by atoms with van der Waals surface area (Å²) in [6.07, 6.45) is 5.04. The highest BCUT2D eigenvalue weighted by Gasteiger charge is 2.51. The third-order valence-corrected chi connectivity index (χ3v) is 9.03. The molecule has 2 aliphatic rings. The van der Waals surface area contributed by atoms with Gasteiger partial charge < -0.3 is 5.32 Å². The fraction of sp³-hybridized carbons (Fsp3) is 0.481. The molecule has 1 saturated carbocycles. The molecule has 8 heteroatoms. The van der Waals surface area contributed by atoms with Crippen LogP contribution in [0.5, 0.6) is 0 Å². The van der Waals surface area contributed by atoms with Crippen LogP contribution in [0.2, 0.25) is 0 Å². The van der Waals surface area contributed by atoms with Crippen LogP contribution in [0.4, 0.5) is 5.69 Å². The average Bonchev–Trinajstić information content (AvgIpc) is 2.81. The molecule has 35 heavy (non-hydrogen) atoms. The maximum Gasteiger partial charge on any atom is 0.247 e. The molecule has 1 aliphatic heterocycles. The number of piperazine rings is 1. The Morgan fingerprint density at radius 1 is 0.971 bits per heavy atom. The lowest BCUT2D eigenvalue weighted by molar-refractivity contribution is -0.133. The molecule has 1 N–H and O–H groups in total. The zero-order chi connectivity index (χ0) is 25.4. The molecule has 7 nitrogen and oxygen atoms in total. The maximum atomic E-state index is 13.8. The predicted molar refractivity (Wildman–Crippen MR) is 137 cm³/mol. The van der Waals surface area contributed by atoms with Crippen LogP contribution in [0, 0.1) is 20.8 Å². The zero-order valence-corrected chi connectivity index (χ0v) is 21.8. The molecule has 0 spiro atoms. The van der Waals surface area contributed by atoms with Crippen LogP contribution < -0.4 is 10.2 Å². The fourth-order valence-electron chi connectivity index (χ4n) is 5.21. The zero-order valence-electron chi connectivity index (χ0n) is 21.0. The van der Waals surface area contributed by atoms with Gasteiger partial charge in [0.1, 0.15) is 5.54 Å². The van der Waals surface area contributed by atoms with Crippen molar-refractivity contribution in [1.82, 2.24) is 9.62 Å². The number of nitrogens with zero attached hydrogens (tertiary/aromatic N) is 2. The van der Waals surface area contributed by atoms with E-state index in [4.69, 9.17) is 0 Å². The Balaban J connectivity index is 1.74. The van der Waals surface area contributed by atoms with Gasteiger partial charge >= 0.3 is 0 Å². The minimum Gasteiger partial charge on any atom is -0.351 e. The van der Waals surface area contributed by atoms with Crippen molar-refractivity contribution in [1.29, 1.82) is 0 Å². The van der Waals surface area contributed by atoms with Crippen LogP contribution in [0.25, 0.3) is 0 Å². The Morgan fingerprint density at radius 3 is 2.23 bits per heavy atom. The van der Waals surface area contributed by atoms with Crippen LogP contribution in [-0.2, 0) is 19.6 Å². The molecule has 0 aromatic heterocycles. The van der Waals surface area contributed by atoms with Gasteiger partial charge in [0, 0.05) is 18.3 Å². The highest BCUT2D eigenvalue weighted by Crippen LogP contribution is 2.35. The van der Waals surface area contributed by atoms with Crippen molar-refractivity contribution >= 4 is 27.5 Å². The summed E-state index contributed by atoms with van der Waals surface area (Å²) in [5, 5.41) is 3.15. The lowest BCUT2D eigenvalue weighted by Crippen LogP contribution is -2.71. The molecular formula is C27H35N3O4S. The van der Waals surface area contributed by atoms with E-state index >= 15 is 0 Å². The number of nitrogens with one attached hydrogen (secondary N) is 1. The van der Waals surface area contributed by atoms with Gasteiger partial charge in [-0.3, -0.25) is 14.5 Å². The first kappa shape index (κ1) is 25.4. The minimum absolute atomic E-state index is 0.0354. The number of benzene rings is 2. The number of amides is 2. The first-order valence-corrected chi connectivity index (χ1v) is 13.7. The summed E-state index contributed by atoms with van der Waals surface area (Å²) in [5.41, 5.74) is 2.09. The van der Waals surface area contributed by atoms with Gasteiger partial charge in [-0.05, 0) is 64.3 Å². The summed E-state index contributed by atoms with van der Waals surface area (Å²) in [4.78, 5) is 29.1. The minimum atomic E-state index is -3.97. The second kappa shape index (κ2) is 9.74. The van der Waals surface area contributed by atoms with E-state index < -0.39 is 21.5 Å². The second-order valence-corrected chi connectivity index (χ2v) is 12.1. The summed E-state index contributed by atoms with van der Waals surface area (Å²) in [6.45, 7) is 7.00. The van der Waals surface area contributed by atoms with Gasteiger partial charge in [-0.25, -0.2) is 8.42 Å². The fourth-order valence-corrected chi connectivity index (χ4v) is 6.69. The van der Waals surface area contributed by atoms with E-state index in [0.29, 0.717) is 5.69 Å². The molecule has 1 aliphatic carbocycles. The van der Waals surface area contributed by atoms with Crippen molar-refractivity contribution < 1.29 is 18.0 Å². The van der Waals surface area contributed by atoms with Gasteiger partial charge in [0.05, 0.1) is 11.4 Å². The molecule has 0 bridgehead atoms. The van der Waals surface area contributed by atoms with Crippen molar-refractivity contribution in [2.45, 2.75) is 76.3 Å². The molecule has 2 amide bonds. The third kappa shape index (κ3) is 5.00. The SMILES string of the molecule is Cc1ccc(S(=O)(=O)N2CC(=O)N(c3ccc(C)cc3C)C(C)(C(=O)NC3CCCCC3)C2)cc1. The molecule has 1 heterocycles. The normalized spacial score (nSPS) is 22.3. The number of anilines is 1. The molecular weight excluding hydrogens is 462 g/mol. The molecule has 1 saturated heterocycles. The van der Waals surface area contributed by atoms with Gasteiger partial charge in [-0.1, -0.05) is 54.7 Å². The Bertz CT molecular complexity index is 1220. The molecule has 4 rings (SSSR count). The number of rotatable bonds is 5. The molecule has 1 unspecified atom stereocenters. The quantitative estimate of drug-likeness (QED) is 0.680. The smallest absolute Gasteiger partial charge is 0.247 e. The van der Waals surface area contributed by atoms with Crippen molar-refractivity contribution in [3.63, 3.8) is 0 Å². The highest BCUT2D eigenvalue weighted by atomic mass is 32.2. The number of hydrogen-bond acceptors (Lipinski definition) is 4. The third-order valence-electron chi connectivity index (χ3n) is 7.22. The number of sulfonamides is 1. The van der Waals surface area contributed by atoms with Gasteiger partial charge in [0.25, 0.3) is 0 Å². The van der Waals surface area contributed by atoms with E-state index in [1.165, 1.54) is 4.90 Å². The van der Waals surface area contributed by atoms with Crippen LogP contribution >= 0.6 is 0 Å². The van der Waals surface area contributed by atoms with E-state index in [2.05, 4.69) is 5.32 Å². The molecule has 188 valence electrons. The monoisotopic (exact) mass is 497 g/mol. The molecule has 0 radical (unpaired) electrons. The Kier molecular flexibility index (Phi) is 7.06. The van der Waals surface area contributed by atoms with E-state index in [0.717, 1.165) is 53.1 Å². The summed E-state index contributed by atoms with van der Waals surface area (Å²) in [7, 11) is -3.97. The van der Waals surface area contributed by atoms with Gasteiger partial charge in [-0.15, -0.1) is 0 Å². The Labute approximate surface area is 208 Å². The van der Waals surface area contributed by atoms with Crippen molar-refractivity contribution in [3.8, 4) is 0 Å². The summed E-state index contributed by atoms with van der Waals surface area (Å²) >= 11 is 0. The number of carbonyl (C=O) groups excluding carboxylic acids is 2. The standard InChI is InChI=1S/C27H35N3O4S/c1-19-10-13-23(14-11-19)35(33,34)29-17-25(31)30(24-15-12-20(2)16-21(24)3)27(4,18-29)26(32)28-22-8-6-5-7-9-22/h10-16,22H,5-9,17-18H2,1-4H3,(H,28,32). The number of carbonyl (C=O) groups is 2. The van der Waals surface area contributed by atoms with Crippen molar-refractivity contribution in [2.75, 3.05) is 18.0 Å². The van der Waals surface area contributed by atoms with E-state index in [1.807, 2.05) is 39.0 Å². The molecule has 2 fully saturated rings. The molecule has 2 aromatic rings. The summed E-state index contributed by atoms with van der Waals surface area (Å²) in [5.74, 6) is -0.735. The van der Waals surface area contributed by atoms with Crippen LogP contribution in [0.1, 0.15) is 55.7 Å². The van der Waals surface area contributed by atoms with E-state index in [-0.39, 0.29) is 29.9 Å². The van der Waals surface area contributed by atoms with Crippen LogP contribution in [-0.4, -0.2) is 49.2 Å². The van der Waals surface area contributed by atoms with Crippen LogP contribution in [0.15, 0.2) is 47.4 Å². The maximum absolute atomic E-state index is 13.8. The Morgan fingerprint density at radius 2 is 1.60 bits per heavy atom. The van der Waals surface area contributed by atoms with E-state index in [9.17, 15) is 18.0 Å². The number of hydrogen-bond donors (Lipinski definition) is 1. The second-order valence-electron chi connectivity index (χ2n) is 10.2. The first-order chi connectivity index (χ1) is 16.5. The average molecular weight is 498 g/mol. The highest BCUT2D eigenvalue weighted by molar-refractivity contribution is 7.89. The van der Waals surface area contributed by atoms with Gasteiger partial charge in [-0.2, -0.15) is 4.31 Å².